The standard InChI is InChI=1S/C8H12N2O/c1-2-8(9,11)7-3-5-10-6-4-7/h3-6,11H,2,9H2,1H3. The van der Waals surface area contributed by atoms with Gasteiger partial charge in [-0.25, -0.2) is 0 Å². The van der Waals surface area contributed by atoms with E-state index in [1.54, 1.807) is 24.5 Å². The van der Waals surface area contributed by atoms with E-state index in [9.17, 15) is 5.11 Å². The third kappa shape index (κ3) is 1.76. The molecule has 3 N–H and O–H groups in total. The molecule has 3 nitrogen and oxygen atoms in total. The molecule has 60 valence electrons. The van der Waals surface area contributed by atoms with Gasteiger partial charge < -0.3 is 5.11 Å². The van der Waals surface area contributed by atoms with E-state index in [1.165, 1.54) is 0 Å². The van der Waals surface area contributed by atoms with Gasteiger partial charge >= 0.3 is 0 Å². The smallest absolute Gasteiger partial charge is 0.139 e. The molecule has 1 aromatic rings. The van der Waals surface area contributed by atoms with Crippen LogP contribution in [0, 0.1) is 0 Å². The summed E-state index contributed by atoms with van der Waals surface area (Å²) in [5.74, 6) is 0. The normalized spacial score (nSPS) is 15.9. The van der Waals surface area contributed by atoms with Crippen LogP contribution in [0.1, 0.15) is 18.9 Å². The van der Waals surface area contributed by atoms with E-state index in [2.05, 4.69) is 4.98 Å². The van der Waals surface area contributed by atoms with Crippen LogP contribution in [0.5, 0.6) is 0 Å². The Morgan fingerprint density at radius 2 is 2.09 bits per heavy atom. The molecule has 0 saturated heterocycles. The molecule has 0 spiro atoms. The molecule has 0 fully saturated rings. The van der Waals surface area contributed by atoms with Gasteiger partial charge in [-0.3, -0.25) is 10.7 Å². The van der Waals surface area contributed by atoms with Crippen LogP contribution in [-0.2, 0) is 5.72 Å². The van der Waals surface area contributed by atoms with Gasteiger partial charge in [0.25, 0.3) is 0 Å². The lowest BCUT2D eigenvalue weighted by atomic mass is 10.0. The largest absolute Gasteiger partial charge is 0.372 e. The van der Waals surface area contributed by atoms with Gasteiger partial charge in [-0.1, -0.05) is 6.92 Å². The van der Waals surface area contributed by atoms with Gasteiger partial charge in [-0.2, -0.15) is 0 Å². The summed E-state index contributed by atoms with van der Waals surface area (Å²) in [5.41, 5.74) is 5.06. The molecule has 11 heavy (non-hydrogen) atoms. The van der Waals surface area contributed by atoms with Gasteiger partial charge in [-0.15, -0.1) is 0 Å². The molecular formula is C8H12N2O. The lowest BCUT2D eigenvalue weighted by Crippen LogP contribution is -2.35. The van der Waals surface area contributed by atoms with Crippen molar-refractivity contribution < 1.29 is 5.11 Å². The first-order valence-electron chi connectivity index (χ1n) is 3.58. The van der Waals surface area contributed by atoms with Crippen molar-refractivity contribution in [2.45, 2.75) is 19.1 Å². The molecule has 0 amide bonds. The van der Waals surface area contributed by atoms with Crippen LogP contribution in [0.3, 0.4) is 0 Å². The van der Waals surface area contributed by atoms with Crippen LogP contribution >= 0.6 is 0 Å². The Hall–Kier alpha value is -0.930. The van der Waals surface area contributed by atoms with Crippen molar-refractivity contribution in [1.82, 2.24) is 4.98 Å². The molecule has 1 rings (SSSR count). The Balaban J connectivity index is 2.93. The topological polar surface area (TPSA) is 59.1 Å². The van der Waals surface area contributed by atoms with E-state index in [0.29, 0.717) is 12.0 Å². The van der Waals surface area contributed by atoms with Crippen LogP contribution in [0.2, 0.25) is 0 Å². The summed E-state index contributed by atoms with van der Waals surface area (Å²) in [4.78, 5) is 3.83. The van der Waals surface area contributed by atoms with Crippen molar-refractivity contribution in [3.63, 3.8) is 0 Å². The molecule has 0 saturated carbocycles. The molecule has 3 heteroatoms. The average Bonchev–Trinajstić information content (AvgIpc) is 2.06. The number of rotatable bonds is 2. The highest BCUT2D eigenvalue weighted by molar-refractivity contribution is 5.16. The summed E-state index contributed by atoms with van der Waals surface area (Å²) in [7, 11) is 0. The highest BCUT2D eigenvalue weighted by Gasteiger charge is 2.19. The third-order valence-corrected chi connectivity index (χ3v) is 1.72. The number of nitrogens with two attached hydrogens (primary N) is 1. The van der Waals surface area contributed by atoms with E-state index < -0.39 is 5.72 Å². The fourth-order valence-electron chi connectivity index (χ4n) is 0.845. The zero-order chi connectivity index (χ0) is 8.32. The predicted molar refractivity (Wildman–Crippen MR) is 42.6 cm³/mol. The van der Waals surface area contributed by atoms with Crippen molar-refractivity contribution >= 4 is 0 Å². The molecule has 0 radical (unpaired) electrons. The highest BCUT2D eigenvalue weighted by Crippen LogP contribution is 2.16. The van der Waals surface area contributed by atoms with E-state index in [-0.39, 0.29) is 0 Å². The summed E-state index contributed by atoms with van der Waals surface area (Å²) in [6.07, 6.45) is 3.72. The first-order chi connectivity index (χ1) is 5.17. The Morgan fingerprint density at radius 1 is 1.55 bits per heavy atom. The minimum Gasteiger partial charge on any atom is -0.372 e. The van der Waals surface area contributed by atoms with Crippen molar-refractivity contribution in [2.24, 2.45) is 5.73 Å². The van der Waals surface area contributed by atoms with Crippen molar-refractivity contribution in [1.29, 1.82) is 0 Å². The minimum absolute atomic E-state index is 0.497. The fraction of sp³-hybridized carbons (Fsp3) is 0.375. The quantitative estimate of drug-likeness (QED) is 0.610. The first kappa shape index (κ1) is 8.17. The molecule has 0 aliphatic heterocycles. The van der Waals surface area contributed by atoms with Gasteiger partial charge in [-0.05, 0) is 18.6 Å². The lowest BCUT2D eigenvalue weighted by Gasteiger charge is -2.20. The number of nitrogens with zero attached hydrogens (tertiary/aromatic N) is 1. The molecular weight excluding hydrogens is 140 g/mol. The van der Waals surface area contributed by atoms with E-state index in [4.69, 9.17) is 5.73 Å². The monoisotopic (exact) mass is 152 g/mol. The second kappa shape index (κ2) is 2.98. The molecule has 1 unspecified atom stereocenters. The molecule has 1 aromatic heterocycles. The van der Waals surface area contributed by atoms with Crippen molar-refractivity contribution in [3.8, 4) is 0 Å². The van der Waals surface area contributed by atoms with Crippen molar-refractivity contribution in [2.75, 3.05) is 0 Å². The molecule has 0 aliphatic rings. The highest BCUT2D eigenvalue weighted by atomic mass is 16.3. The van der Waals surface area contributed by atoms with Crippen LogP contribution in [-0.4, -0.2) is 10.1 Å². The maximum absolute atomic E-state index is 9.54. The van der Waals surface area contributed by atoms with Crippen LogP contribution < -0.4 is 5.73 Å². The summed E-state index contributed by atoms with van der Waals surface area (Å²) >= 11 is 0. The Morgan fingerprint density at radius 3 is 2.55 bits per heavy atom. The number of aromatic nitrogens is 1. The summed E-state index contributed by atoms with van der Waals surface area (Å²) in [5, 5.41) is 9.54. The lowest BCUT2D eigenvalue weighted by molar-refractivity contribution is 0.0394. The minimum atomic E-state index is -1.21. The first-order valence-corrected chi connectivity index (χ1v) is 3.58. The summed E-state index contributed by atoms with van der Waals surface area (Å²) in [6, 6.07) is 3.42. The van der Waals surface area contributed by atoms with Gasteiger partial charge in [0.05, 0.1) is 0 Å². The maximum Gasteiger partial charge on any atom is 0.139 e. The van der Waals surface area contributed by atoms with Gasteiger partial charge in [0.15, 0.2) is 0 Å². The Labute approximate surface area is 65.9 Å². The molecule has 0 aliphatic carbocycles. The molecule has 0 bridgehead atoms. The SMILES string of the molecule is CCC(N)(O)c1ccncc1. The van der Waals surface area contributed by atoms with E-state index in [0.717, 1.165) is 0 Å². The molecule has 1 heterocycles. The molecule has 0 aromatic carbocycles. The number of aliphatic hydroxyl groups is 1. The van der Waals surface area contributed by atoms with E-state index in [1.807, 2.05) is 6.92 Å². The third-order valence-electron chi connectivity index (χ3n) is 1.72. The second-order valence-corrected chi connectivity index (χ2v) is 2.51. The number of hydrogen-bond donors (Lipinski definition) is 2. The van der Waals surface area contributed by atoms with Gasteiger partial charge in [0.2, 0.25) is 0 Å². The second-order valence-electron chi connectivity index (χ2n) is 2.51. The maximum atomic E-state index is 9.54. The van der Waals surface area contributed by atoms with Crippen LogP contribution in [0.25, 0.3) is 0 Å². The summed E-state index contributed by atoms with van der Waals surface area (Å²) < 4.78 is 0. The van der Waals surface area contributed by atoms with Crippen LogP contribution in [0.4, 0.5) is 0 Å². The molecule has 1 atom stereocenters. The summed E-state index contributed by atoms with van der Waals surface area (Å²) in [6.45, 7) is 1.83. The predicted octanol–water partition coefficient (Wildman–Crippen LogP) is 0.595. The number of hydrogen-bond acceptors (Lipinski definition) is 3. The van der Waals surface area contributed by atoms with Crippen LogP contribution in [0.15, 0.2) is 24.5 Å². The average molecular weight is 152 g/mol. The van der Waals surface area contributed by atoms with Gasteiger partial charge in [0.1, 0.15) is 5.72 Å². The number of pyridine rings is 1. The zero-order valence-corrected chi connectivity index (χ0v) is 6.49. The van der Waals surface area contributed by atoms with E-state index >= 15 is 0 Å². The van der Waals surface area contributed by atoms with Gasteiger partial charge in [0, 0.05) is 18.0 Å². The van der Waals surface area contributed by atoms with Crippen molar-refractivity contribution in [3.05, 3.63) is 30.1 Å². The fourth-order valence-corrected chi connectivity index (χ4v) is 0.845. The zero-order valence-electron chi connectivity index (χ0n) is 6.49. The Kier molecular flexibility index (Phi) is 2.22. The Bertz CT molecular complexity index is 221.